The zero-order valence-electron chi connectivity index (χ0n) is 9.00. The summed E-state index contributed by atoms with van der Waals surface area (Å²) in [6, 6.07) is 1.83. The van der Waals surface area contributed by atoms with Crippen LogP contribution in [-0.4, -0.2) is 24.8 Å². The fourth-order valence-corrected chi connectivity index (χ4v) is 1.13. The highest BCUT2D eigenvalue weighted by molar-refractivity contribution is 6.05. The number of ketones is 1. The van der Waals surface area contributed by atoms with Gasteiger partial charge in [0.05, 0.1) is 5.56 Å². The highest BCUT2D eigenvalue weighted by Crippen LogP contribution is 2.17. The first-order valence-corrected chi connectivity index (χ1v) is 4.55. The lowest BCUT2D eigenvalue weighted by atomic mass is 10.1. The van der Waals surface area contributed by atoms with Gasteiger partial charge in [0, 0.05) is 32.1 Å². The summed E-state index contributed by atoms with van der Waals surface area (Å²) in [5, 5.41) is 0. The molecule has 0 aliphatic heterocycles. The number of rotatable bonds is 3. The van der Waals surface area contributed by atoms with Gasteiger partial charge in [0.2, 0.25) is 0 Å². The van der Waals surface area contributed by atoms with E-state index in [2.05, 4.69) is 0 Å². The highest BCUT2D eigenvalue weighted by atomic mass is 19.1. The fourth-order valence-electron chi connectivity index (χ4n) is 1.13. The second-order valence-electron chi connectivity index (χ2n) is 3.50. The normalized spacial score (nSPS) is 10.8. The maximum atomic E-state index is 13.3. The summed E-state index contributed by atoms with van der Waals surface area (Å²) >= 11 is 0. The van der Waals surface area contributed by atoms with E-state index in [1.807, 2.05) is 0 Å². The highest BCUT2D eigenvalue weighted by Gasteiger charge is 2.15. The SMILES string of the molecule is CN(C)/C=C/C(=O)c1c(F)cc(N)cc1F. The van der Waals surface area contributed by atoms with Crippen LogP contribution in [0.5, 0.6) is 0 Å². The minimum absolute atomic E-state index is 0.0526. The molecule has 0 heterocycles. The molecule has 1 rings (SSSR count). The summed E-state index contributed by atoms with van der Waals surface area (Å²) in [6.07, 6.45) is 2.51. The van der Waals surface area contributed by atoms with E-state index in [9.17, 15) is 13.6 Å². The molecule has 0 spiro atoms. The van der Waals surface area contributed by atoms with Crippen LogP contribution < -0.4 is 5.73 Å². The molecule has 3 nitrogen and oxygen atoms in total. The topological polar surface area (TPSA) is 46.3 Å². The molecule has 0 aliphatic carbocycles. The van der Waals surface area contributed by atoms with Gasteiger partial charge < -0.3 is 10.6 Å². The predicted octanol–water partition coefficient (Wildman–Crippen LogP) is 1.80. The molecule has 86 valence electrons. The van der Waals surface area contributed by atoms with E-state index in [-0.39, 0.29) is 5.69 Å². The number of benzene rings is 1. The van der Waals surface area contributed by atoms with Crippen molar-refractivity contribution in [1.82, 2.24) is 4.90 Å². The van der Waals surface area contributed by atoms with Gasteiger partial charge >= 0.3 is 0 Å². The minimum atomic E-state index is -0.953. The van der Waals surface area contributed by atoms with Crippen molar-refractivity contribution in [2.75, 3.05) is 19.8 Å². The first kappa shape index (κ1) is 12.2. The van der Waals surface area contributed by atoms with Crippen molar-refractivity contribution in [3.8, 4) is 0 Å². The quantitative estimate of drug-likeness (QED) is 0.485. The molecular weight excluding hydrogens is 214 g/mol. The van der Waals surface area contributed by atoms with Crippen LogP contribution in [0.4, 0.5) is 14.5 Å². The molecule has 5 heteroatoms. The van der Waals surface area contributed by atoms with E-state index in [0.29, 0.717) is 0 Å². The molecule has 1 aromatic carbocycles. The molecule has 0 aliphatic rings. The van der Waals surface area contributed by atoms with E-state index < -0.39 is 23.0 Å². The second-order valence-corrected chi connectivity index (χ2v) is 3.50. The monoisotopic (exact) mass is 226 g/mol. The van der Waals surface area contributed by atoms with Gasteiger partial charge in [0.1, 0.15) is 11.6 Å². The Bertz CT molecular complexity index is 419. The molecule has 0 unspecified atom stereocenters. The zero-order chi connectivity index (χ0) is 12.3. The summed E-state index contributed by atoms with van der Waals surface area (Å²) in [5.74, 6) is -2.64. The van der Waals surface area contributed by atoms with Crippen LogP contribution in [-0.2, 0) is 0 Å². The maximum absolute atomic E-state index is 13.3. The first-order chi connectivity index (χ1) is 7.41. The van der Waals surface area contributed by atoms with Crippen molar-refractivity contribution >= 4 is 11.5 Å². The Labute approximate surface area is 92.2 Å². The molecule has 0 amide bonds. The van der Waals surface area contributed by atoms with E-state index >= 15 is 0 Å². The van der Waals surface area contributed by atoms with Crippen LogP contribution >= 0.6 is 0 Å². The van der Waals surface area contributed by atoms with Crippen molar-refractivity contribution < 1.29 is 13.6 Å². The number of halogens is 2. The third-order valence-corrected chi connectivity index (χ3v) is 1.83. The van der Waals surface area contributed by atoms with Gasteiger partial charge in [-0.25, -0.2) is 8.78 Å². The number of nitrogen functional groups attached to an aromatic ring is 1. The molecule has 0 saturated heterocycles. The van der Waals surface area contributed by atoms with Crippen molar-refractivity contribution in [2.24, 2.45) is 0 Å². The summed E-state index contributed by atoms with van der Waals surface area (Å²) in [6.45, 7) is 0. The lowest BCUT2D eigenvalue weighted by Crippen LogP contribution is -2.07. The Hall–Kier alpha value is -1.91. The molecule has 1 aromatic rings. The molecule has 2 N–H and O–H groups in total. The molecular formula is C11H12F2N2O. The van der Waals surface area contributed by atoms with Gasteiger partial charge in [-0.3, -0.25) is 4.79 Å². The number of carbonyl (C=O) groups excluding carboxylic acids is 1. The number of hydrogen-bond donors (Lipinski definition) is 1. The number of allylic oxidation sites excluding steroid dienone is 1. The summed E-state index contributed by atoms with van der Waals surface area (Å²) in [4.78, 5) is 13.1. The van der Waals surface area contributed by atoms with Crippen molar-refractivity contribution in [3.63, 3.8) is 0 Å². The third kappa shape index (κ3) is 2.79. The minimum Gasteiger partial charge on any atom is -0.399 e. The third-order valence-electron chi connectivity index (χ3n) is 1.83. The van der Waals surface area contributed by atoms with Crippen LogP contribution in [0.1, 0.15) is 10.4 Å². The molecule has 16 heavy (non-hydrogen) atoms. The van der Waals surface area contributed by atoms with E-state index in [1.54, 1.807) is 19.0 Å². The molecule has 0 atom stereocenters. The second kappa shape index (κ2) is 4.74. The van der Waals surface area contributed by atoms with Crippen LogP contribution in [0, 0.1) is 11.6 Å². The standard InChI is InChI=1S/C11H12F2N2O/c1-15(2)4-3-10(16)11-8(12)5-7(14)6-9(11)13/h3-6H,14H2,1-2H3/b4-3+. The van der Waals surface area contributed by atoms with Gasteiger partial charge in [0.15, 0.2) is 5.78 Å². The fraction of sp³-hybridized carbons (Fsp3) is 0.182. The van der Waals surface area contributed by atoms with Gasteiger partial charge in [-0.2, -0.15) is 0 Å². The number of nitrogens with two attached hydrogens (primary N) is 1. The largest absolute Gasteiger partial charge is 0.399 e. The van der Waals surface area contributed by atoms with Gasteiger partial charge in [-0.1, -0.05) is 0 Å². The molecule has 0 aromatic heterocycles. The van der Waals surface area contributed by atoms with Crippen LogP contribution in [0.25, 0.3) is 0 Å². The average molecular weight is 226 g/mol. The number of anilines is 1. The molecule has 0 fully saturated rings. The molecule has 0 radical (unpaired) electrons. The Morgan fingerprint density at radius 3 is 2.25 bits per heavy atom. The van der Waals surface area contributed by atoms with Crippen LogP contribution in [0.3, 0.4) is 0 Å². The van der Waals surface area contributed by atoms with Gasteiger partial charge in [-0.15, -0.1) is 0 Å². The van der Waals surface area contributed by atoms with Gasteiger partial charge in [-0.05, 0) is 12.1 Å². The van der Waals surface area contributed by atoms with Crippen molar-refractivity contribution in [2.45, 2.75) is 0 Å². The number of nitrogens with zero attached hydrogens (tertiary/aromatic N) is 1. The lowest BCUT2D eigenvalue weighted by molar-refractivity contribution is 0.103. The van der Waals surface area contributed by atoms with Gasteiger partial charge in [0.25, 0.3) is 0 Å². The van der Waals surface area contributed by atoms with E-state index in [4.69, 9.17) is 5.73 Å². The lowest BCUT2D eigenvalue weighted by Gasteiger charge is -2.05. The Kier molecular flexibility index (Phi) is 3.60. The smallest absolute Gasteiger partial charge is 0.193 e. The van der Waals surface area contributed by atoms with Crippen LogP contribution in [0.15, 0.2) is 24.4 Å². The Morgan fingerprint density at radius 2 is 1.81 bits per heavy atom. The molecule has 0 bridgehead atoms. The summed E-state index contributed by atoms with van der Waals surface area (Å²) in [7, 11) is 3.39. The zero-order valence-corrected chi connectivity index (χ0v) is 9.00. The number of carbonyl (C=O) groups is 1. The maximum Gasteiger partial charge on any atom is 0.193 e. The average Bonchev–Trinajstić information content (AvgIpc) is 2.12. The molecule has 0 saturated carbocycles. The van der Waals surface area contributed by atoms with Crippen molar-refractivity contribution in [1.29, 1.82) is 0 Å². The Balaban J connectivity index is 3.09. The van der Waals surface area contributed by atoms with E-state index in [0.717, 1.165) is 18.2 Å². The van der Waals surface area contributed by atoms with Crippen molar-refractivity contribution in [3.05, 3.63) is 41.6 Å². The summed E-state index contributed by atoms with van der Waals surface area (Å²) < 4.78 is 26.6. The summed E-state index contributed by atoms with van der Waals surface area (Å²) in [5.41, 5.74) is 4.59. The predicted molar refractivity (Wildman–Crippen MR) is 57.9 cm³/mol. The van der Waals surface area contributed by atoms with Crippen LogP contribution in [0.2, 0.25) is 0 Å². The first-order valence-electron chi connectivity index (χ1n) is 4.55. The van der Waals surface area contributed by atoms with E-state index in [1.165, 1.54) is 6.20 Å². The Morgan fingerprint density at radius 1 is 1.31 bits per heavy atom. The number of hydrogen-bond acceptors (Lipinski definition) is 3.